The van der Waals surface area contributed by atoms with Crippen LogP contribution in [0.3, 0.4) is 0 Å². The number of hydrogen-bond acceptors (Lipinski definition) is 3. The van der Waals surface area contributed by atoms with Crippen LogP contribution in [0.15, 0.2) is 47.6 Å². The lowest BCUT2D eigenvalue weighted by Crippen LogP contribution is -2.12. The van der Waals surface area contributed by atoms with Gasteiger partial charge in [0.05, 0.1) is 10.4 Å². The topological polar surface area (TPSA) is 52.0 Å². The van der Waals surface area contributed by atoms with Crippen molar-refractivity contribution >= 4 is 20.9 Å². The number of rotatable bonds is 3. The maximum atomic E-state index is 13.1. The molecule has 0 aliphatic carbocycles. The second-order valence-electron chi connectivity index (χ2n) is 5.32. The standard InChI is InChI=1S/C16H14F2N2O2S/c1-10-3-5-12(6-4-10)23(21,22)20-9-11(2)14-13(20)7-8-19-15(14)16(17)18/h3-9,16H,1-2H3. The lowest BCUT2D eigenvalue weighted by molar-refractivity contribution is 0.148. The zero-order valence-electron chi connectivity index (χ0n) is 12.5. The first-order valence-corrected chi connectivity index (χ1v) is 8.33. The van der Waals surface area contributed by atoms with E-state index >= 15 is 0 Å². The zero-order valence-corrected chi connectivity index (χ0v) is 13.3. The molecular weight excluding hydrogens is 322 g/mol. The van der Waals surface area contributed by atoms with Gasteiger partial charge in [-0.1, -0.05) is 17.7 Å². The molecule has 0 fully saturated rings. The number of halogens is 2. The smallest absolute Gasteiger partial charge is 0.254 e. The highest BCUT2D eigenvalue weighted by atomic mass is 32.2. The van der Waals surface area contributed by atoms with Gasteiger partial charge in [0.15, 0.2) is 0 Å². The molecule has 0 saturated carbocycles. The Balaban J connectivity index is 2.29. The van der Waals surface area contributed by atoms with Crippen molar-refractivity contribution in [1.82, 2.24) is 8.96 Å². The third-order valence-corrected chi connectivity index (χ3v) is 5.37. The number of benzene rings is 1. The molecule has 3 rings (SSSR count). The van der Waals surface area contributed by atoms with Crippen molar-refractivity contribution in [1.29, 1.82) is 0 Å². The molecule has 120 valence electrons. The Labute approximate surface area is 132 Å². The van der Waals surface area contributed by atoms with Gasteiger partial charge in [0.25, 0.3) is 16.4 Å². The molecule has 0 N–H and O–H groups in total. The predicted octanol–water partition coefficient (Wildman–Crippen LogP) is 3.83. The molecule has 0 aliphatic rings. The molecule has 0 saturated heterocycles. The van der Waals surface area contributed by atoms with Gasteiger partial charge < -0.3 is 0 Å². The van der Waals surface area contributed by atoms with Crippen molar-refractivity contribution in [2.45, 2.75) is 25.2 Å². The van der Waals surface area contributed by atoms with E-state index in [0.29, 0.717) is 5.56 Å². The van der Waals surface area contributed by atoms with Crippen LogP contribution < -0.4 is 0 Å². The van der Waals surface area contributed by atoms with Crippen molar-refractivity contribution in [2.75, 3.05) is 0 Å². The lowest BCUT2D eigenvalue weighted by atomic mass is 10.2. The van der Waals surface area contributed by atoms with Crippen LogP contribution in [0.25, 0.3) is 10.9 Å². The minimum absolute atomic E-state index is 0.107. The van der Waals surface area contributed by atoms with E-state index in [-0.39, 0.29) is 15.8 Å². The van der Waals surface area contributed by atoms with E-state index in [9.17, 15) is 17.2 Å². The van der Waals surface area contributed by atoms with Gasteiger partial charge in [-0.15, -0.1) is 0 Å². The summed E-state index contributed by atoms with van der Waals surface area (Å²) >= 11 is 0. The minimum Gasteiger partial charge on any atom is -0.254 e. The Morgan fingerprint density at radius 3 is 2.35 bits per heavy atom. The molecule has 0 spiro atoms. The SMILES string of the molecule is Cc1ccc(S(=O)(=O)n2cc(C)c3c(C(F)F)nccc32)cc1. The van der Waals surface area contributed by atoms with E-state index in [1.807, 2.05) is 6.92 Å². The summed E-state index contributed by atoms with van der Waals surface area (Å²) in [5.74, 6) is 0. The van der Waals surface area contributed by atoms with Crippen molar-refractivity contribution in [3.63, 3.8) is 0 Å². The molecule has 0 radical (unpaired) electrons. The zero-order chi connectivity index (χ0) is 16.8. The second-order valence-corrected chi connectivity index (χ2v) is 7.13. The molecule has 2 heterocycles. The molecule has 0 aliphatic heterocycles. The van der Waals surface area contributed by atoms with Crippen LogP contribution in [0.1, 0.15) is 23.2 Å². The maximum absolute atomic E-state index is 13.1. The van der Waals surface area contributed by atoms with Crippen molar-refractivity contribution in [2.24, 2.45) is 0 Å². The Morgan fingerprint density at radius 2 is 1.74 bits per heavy atom. The molecule has 0 atom stereocenters. The fourth-order valence-electron chi connectivity index (χ4n) is 2.55. The second kappa shape index (κ2) is 5.42. The van der Waals surface area contributed by atoms with Crippen molar-refractivity contribution < 1.29 is 17.2 Å². The first-order valence-electron chi connectivity index (χ1n) is 6.89. The van der Waals surface area contributed by atoms with E-state index in [4.69, 9.17) is 0 Å². The summed E-state index contributed by atoms with van der Waals surface area (Å²) in [6.07, 6.45) is -0.215. The summed E-state index contributed by atoms with van der Waals surface area (Å²) in [7, 11) is -3.86. The van der Waals surface area contributed by atoms with Gasteiger partial charge in [0.1, 0.15) is 5.69 Å². The maximum Gasteiger partial charge on any atom is 0.281 e. The average molecular weight is 336 g/mol. The number of hydrogen-bond donors (Lipinski definition) is 0. The normalized spacial score (nSPS) is 12.2. The molecule has 3 aromatic rings. The predicted molar refractivity (Wildman–Crippen MR) is 83.2 cm³/mol. The molecule has 23 heavy (non-hydrogen) atoms. The summed E-state index contributed by atoms with van der Waals surface area (Å²) in [6, 6.07) is 7.82. The molecule has 2 aromatic heterocycles. The Bertz CT molecular complexity index is 977. The average Bonchev–Trinajstić information content (AvgIpc) is 2.86. The summed E-state index contributed by atoms with van der Waals surface area (Å²) < 4.78 is 52.9. The van der Waals surface area contributed by atoms with Crippen LogP contribution in [0.2, 0.25) is 0 Å². The van der Waals surface area contributed by atoms with E-state index in [0.717, 1.165) is 9.54 Å². The Kier molecular flexibility index (Phi) is 3.68. The fraction of sp³-hybridized carbons (Fsp3) is 0.188. The molecule has 7 heteroatoms. The monoisotopic (exact) mass is 336 g/mol. The van der Waals surface area contributed by atoms with Gasteiger partial charge in [0.2, 0.25) is 0 Å². The highest BCUT2D eigenvalue weighted by Crippen LogP contribution is 2.31. The van der Waals surface area contributed by atoms with E-state index < -0.39 is 22.1 Å². The molecule has 0 unspecified atom stereocenters. The Hall–Kier alpha value is -2.28. The van der Waals surface area contributed by atoms with Gasteiger partial charge in [-0.25, -0.2) is 21.2 Å². The number of pyridine rings is 1. The summed E-state index contributed by atoms with van der Waals surface area (Å²) in [6.45, 7) is 3.45. The van der Waals surface area contributed by atoms with Crippen LogP contribution in [-0.2, 0) is 10.0 Å². The molecular formula is C16H14F2N2O2S. The molecule has 4 nitrogen and oxygen atoms in total. The quantitative estimate of drug-likeness (QED) is 0.730. The van der Waals surface area contributed by atoms with Crippen LogP contribution in [0.4, 0.5) is 8.78 Å². The largest absolute Gasteiger partial charge is 0.281 e. The summed E-state index contributed by atoms with van der Waals surface area (Å²) in [5, 5.41) is 0.179. The first-order chi connectivity index (χ1) is 10.8. The van der Waals surface area contributed by atoms with Crippen LogP contribution in [0.5, 0.6) is 0 Å². The molecule has 1 aromatic carbocycles. The third kappa shape index (κ3) is 2.50. The third-order valence-electron chi connectivity index (χ3n) is 3.69. The van der Waals surface area contributed by atoms with Gasteiger partial charge >= 0.3 is 0 Å². The number of alkyl halides is 2. The number of aromatic nitrogens is 2. The van der Waals surface area contributed by atoms with Gasteiger partial charge in [-0.05, 0) is 37.6 Å². The van der Waals surface area contributed by atoms with Crippen LogP contribution in [-0.4, -0.2) is 17.4 Å². The summed E-state index contributed by atoms with van der Waals surface area (Å²) in [4.78, 5) is 3.80. The molecule has 0 amide bonds. The summed E-state index contributed by atoms with van der Waals surface area (Å²) in [5.41, 5.74) is 1.17. The number of nitrogens with zero attached hydrogens (tertiary/aromatic N) is 2. The fourth-order valence-corrected chi connectivity index (χ4v) is 3.97. The molecule has 0 bridgehead atoms. The highest BCUT2D eigenvalue weighted by Gasteiger charge is 2.24. The first kappa shape index (κ1) is 15.6. The van der Waals surface area contributed by atoms with Gasteiger partial charge in [-0.3, -0.25) is 4.98 Å². The van der Waals surface area contributed by atoms with Crippen LogP contribution in [0, 0.1) is 13.8 Å². The Morgan fingerprint density at radius 1 is 1.09 bits per heavy atom. The van der Waals surface area contributed by atoms with E-state index in [1.165, 1.54) is 30.6 Å². The van der Waals surface area contributed by atoms with E-state index in [2.05, 4.69) is 4.98 Å². The number of aryl methyl sites for hydroxylation is 2. The van der Waals surface area contributed by atoms with Crippen molar-refractivity contribution in [3.8, 4) is 0 Å². The highest BCUT2D eigenvalue weighted by molar-refractivity contribution is 7.90. The van der Waals surface area contributed by atoms with E-state index in [1.54, 1.807) is 19.1 Å². The number of fused-ring (bicyclic) bond motifs is 1. The van der Waals surface area contributed by atoms with Crippen LogP contribution >= 0.6 is 0 Å². The minimum atomic E-state index is -3.86. The van der Waals surface area contributed by atoms with Gasteiger partial charge in [-0.2, -0.15) is 0 Å². The van der Waals surface area contributed by atoms with Gasteiger partial charge in [0, 0.05) is 17.8 Å². The lowest BCUT2D eigenvalue weighted by Gasteiger charge is -2.08. The van der Waals surface area contributed by atoms with Crippen molar-refractivity contribution in [3.05, 3.63) is 59.5 Å².